The van der Waals surface area contributed by atoms with Crippen molar-refractivity contribution in [3.05, 3.63) is 33.8 Å². The Kier molecular flexibility index (Phi) is 11.4. The molecule has 0 fully saturated rings. The molecule has 152 valence electrons. The van der Waals surface area contributed by atoms with Crippen molar-refractivity contribution >= 4 is 35.1 Å². The minimum absolute atomic E-state index is 0.0703. The van der Waals surface area contributed by atoms with Crippen LogP contribution < -0.4 is 10.2 Å². The van der Waals surface area contributed by atoms with Gasteiger partial charge in [-0.3, -0.25) is 10.1 Å². The maximum Gasteiger partial charge on any atom is 0.291 e. The molecule has 0 aliphatic carbocycles. The number of ether oxygens (including phenoxy) is 1. The van der Waals surface area contributed by atoms with Gasteiger partial charge in [-0.1, -0.05) is 30.1 Å². The number of carbonyl (C=O) groups excluding carboxylic acids is 1. The number of hydrogen-bond donors (Lipinski definition) is 2. The Labute approximate surface area is 173 Å². The van der Waals surface area contributed by atoms with Gasteiger partial charge < -0.3 is 9.64 Å². The Morgan fingerprint density at radius 3 is 2.52 bits per heavy atom. The van der Waals surface area contributed by atoms with Crippen LogP contribution in [0.5, 0.6) is 0 Å². The van der Waals surface area contributed by atoms with E-state index in [0.29, 0.717) is 22.2 Å². The van der Waals surface area contributed by atoms with Gasteiger partial charge in [0.1, 0.15) is 0 Å². The van der Waals surface area contributed by atoms with Crippen LogP contribution in [0.15, 0.2) is 23.2 Å². The highest BCUT2D eigenvalue weighted by Crippen LogP contribution is 2.22. The van der Waals surface area contributed by atoms with Crippen molar-refractivity contribution in [1.29, 1.82) is 0 Å². The molecule has 0 heterocycles. The SMILES string of the molecule is CCCOC(=N[C@H](C)CCC[NH+](CC)CC)NC(=O)c1ccc(Cl)c(Cl)c1. The predicted octanol–water partition coefficient (Wildman–Crippen LogP) is 3.60. The first-order valence-electron chi connectivity index (χ1n) is 9.71. The Morgan fingerprint density at radius 1 is 1.22 bits per heavy atom. The van der Waals surface area contributed by atoms with Crippen molar-refractivity contribution in [1.82, 2.24) is 5.32 Å². The van der Waals surface area contributed by atoms with Crippen LogP contribution in [-0.4, -0.2) is 44.2 Å². The number of hydrogen-bond acceptors (Lipinski definition) is 3. The van der Waals surface area contributed by atoms with Gasteiger partial charge in [-0.15, -0.1) is 0 Å². The van der Waals surface area contributed by atoms with Crippen LogP contribution in [0.2, 0.25) is 10.0 Å². The number of nitrogens with one attached hydrogen (secondary N) is 2. The summed E-state index contributed by atoms with van der Waals surface area (Å²) < 4.78 is 5.63. The minimum Gasteiger partial charge on any atom is -0.465 e. The second kappa shape index (κ2) is 13.0. The molecule has 5 nitrogen and oxygen atoms in total. The van der Waals surface area contributed by atoms with Crippen LogP contribution in [0.3, 0.4) is 0 Å². The molecule has 0 aromatic heterocycles. The molecule has 0 saturated carbocycles. The van der Waals surface area contributed by atoms with Crippen LogP contribution in [0.4, 0.5) is 0 Å². The molecular formula is C20H32Cl2N3O2+. The normalized spacial score (nSPS) is 12.9. The highest BCUT2D eigenvalue weighted by molar-refractivity contribution is 6.42. The zero-order chi connectivity index (χ0) is 20.2. The molecule has 0 aliphatic heterocycles. The van der Waals surface area contributed by atoms with Crippen LogP contribution in [0, 0.1) is 0 Å². The van der Waals surface area contributed by atoms with E-state index in [1.165, 1.54) is 6.07 Å². The second-order valence-electron chi connectivity index (χ2n) is 6.56. The lowest BCUT2D eigenvalue weighted by Gasteiger charge is -2.16. The summed E-state index contributed by atoms with van der Waals surface area (Å²) in [6, 6.07) is 5.09. The van der Waals surface area contributed by atoms with Gasteiger partial charge in [0.05, 0.1) is 42.3 Å². The summed E-state index contributed by atoms with van der Waals surface area (Å²) in [4.78, 5) is 18.6. The van der Waals surface area contributed by atoms with E-state index in [-0.39, 0.29) is 18.0 Å². The van der Waals surface area contributed by atoms with E-state index < -0.39 is 0 Å². The van der Waals surface area contributed by atoms with Gasteiger partial charge in [-0.2, -0.15) is 0 Å². The Bertz CT molecular complexity index is 619. The maximum atomic E-state index is 12.5. The molecule has 1 rings (SSSR count). The summed E-state index contributed by atoms with van der Waals surface area (Å²) in [5.41, 5.74) is 0.412. The Morgan fingerprint density at radius 2 is 1.93 bits per heavy atom. The first-order chi connectivity index (χ1) is 12.9. The summed E-state index contributed by atoms with van der Waals surface area (Å²) in [5.74, 6) is -0.316. The van der Waals surface area contributed by atoms with Gasteiger partial charge in [0.25, 0.3) is 11.9 Å². The Balaban J connectivity index is 2.70. The number of halogens is 2. The molecule has 1 aromatic rings. The van der Waals surface area contributed by atoms with Crippen molar-refractivity contribution < 1.29 is 14.4 Å². The maximum absolute atomic E-state index is 12.5. The van der Waals surface area contributed by atoms with E-state index in [1.54, 1.807) is 17.0 Å². The third-order valence-electron chi connectivity index (χ3n) is 4.34. The molecule has 7 heteroatoms. The number of rotatable bonds is 10. The Hall–Kier alpha value is -1.30. The van der Waals surface area contributed by atoms with Crippen molar-refractivity contribution in [2.45, 2.75) is 53.0 Å². The van der Waals surface area contributed by atoms with E-state index in [0.717, 1.165) is 38.9 Å². The van der Waals surface area contributed by atoms with Crippen LogP contribution in [-0.2, 0) is 4.74 Å². The molecule has 0 saturated heterocycles. The van der Waals surface area contributed by atoms with Gasteiger partial charge in [0.2, 0.25) is 0 Å². The van der Waals surface area contributed by atoms with E-state index in [1.807, 2.05) is 13.8 Å². The van der Waals surface area contributed by atoms with Crippen molar-refractivity contribution in [3.63, 3.8) is 0 Å². The minimum atomic E-state index is -0.316. The fourth-order valence-electron chi connectivity index (χ4n) is 2.63. The summed E-state index contributed by atoms with van der Waals surface area (Å²) in [7, 11) is 0. The zero-order valence-electron chi connectivity index (χ0n) is 16.8. The average Bonchev–Trinajstić information content (AvgIpc) is 2.65. The number of nitrogens with zero attached hydrogens (tertiary/aromatic N) is 1. The smallest absolute Gasteiger partial charge is 0.291 e. The molecular weight excluding hydrogens is 385 g/mol. The van der Waals surface area contributed by atoms with Crippen molar-refractivity contribution in [2.24, 2.45) is 4.99 Å². The van der Waals surface area contributed by atoms with Gasteiger partial charge in [0.15, 0.2) is 0 Å². The third-order valence-corrected chi connectivity index (χ3v) is 5.07. The zero-order valence-corrected chi connectivity index (χ0v) is 18.3. The standard InChI is InChI=1S/C20H31Cl2N3O2/c1-5-13-27-20(23-15(4)9-8-12-25(6-2)7-3)24-19(26)16-10-11-17(21)18(22)14-16/h10-11,14-15H,5-9,12-13H2,1-4H3,(H,23,24,26)/p+1/t15-/m1/s1. The fourth-order valence-corrected chi connectivity index (χ4v) is 2.92. The highest BCUT2D eigenvalue weighted by atomic mass is 35.5. The predicted molar refractivity (Wildman–Crippen MR) is 113 cm³/mol. The first-order valence-corrected chi connectivity index (χ1v) is 10.5. The molecule has 0 spiro atoms. The molecule has 0 bridgehead atoms. The molecule has 2 N–H and O–H groups in total. The van der Waals surface area contributed by atoms with Gasteiger partial charge in [-0.25, -0.2) is 4.99 Å². The molecule has 0 unspecified atom stereocenters. The molecule has 0 radical (unpaired) electrons. The largest absolute Gasteiger partial charge is 0.465 e. The lowest BCUT2D eigenvalue weighted by molar-refractivity contribution is -0.896. The van der Waals surface area contributed by atoms with Crippen LogP contribution >= 0.6 is 23.2 Å². The van der Waals surface area contributed by atoms with Gasteiger partial charge in [0, 0.05) is 5.56 Å². The number of aliphatic imine (C=N–C) groups is 1. The molecule has 27 heavy (non-hydrogen) atoms. The number of quaternary nitrogens is 1. The topological polar surface area (TPSA) is 55.1 Å². The number of benzene rings is 1. The number of amides is 1. The summed E-state index contributed by atoms with van der Waals surface area (Å²) >= 11 is 11.9. The third kappa shape index (κ3) is 8.96. The molecule has 0 aliphatic rings. The van der Waals surface area contributed by atoms with Gasteiger partial charge in [-0.05, 0) is 58.2 Å². The van der Waals surface area contributed by atoms with E-state index in [4.69, 9.17) is 27.9 Å². The van der Waals surface area contributed by atoms with E-state index >= 15 is 0 Å². The molecule has 1 amide bonds. The van der Waals surface area contributed by atoms with Crippen molar-refractivity contribution in [3.8, 4) is 0 Å². The average molecular weight is 417 g/mol. The second-order valence-corrected chi connectivity index (χ2v) is 7.38. The van der Waals surface area contributed by atoms with E-state index in [2.05, 4.69) is 24.2 Å². The van der Waals surface area contributed by atoms with Gasteiger partial charge >= 0.3 is 0 Å². The molecule has 1 aromatic carbocycles. The van der Waals surface area contributed by atoms with E-state index in [9.17, 15) is 4.79 Å². The summed E-state index contributed by atoms with van der Waals surface area (Å²) in [6.07, 6.45) is 2.87. The fraction of sp³-hybridized carbons (Fsp3) is 0.600. The van der Waals surface area contributed by atoms with Crippen LogP contribution in [0.1, 0.15) is 57.3 Å². The number of amidine groups is 1. The summed E-state index contributed by atoms with van der Waals surface area (Å²) in [6.45, 7) is 12.4. The monoisotopic (exact) mass is 416 g/mol. The quantitative estimate of drug-likeness (QED) is 0.452. The lowest BCUT2D eigenvalue weighted by atomic mass is 10.2. The van der Waals surface area contributed by atoms with Crippen molar-refractivity contribution in [2.75, 3.05) is 26.2 Å². The first kappa shape index (κ1) is 23.7. The summed E-state index contributed by atoms with van der Waals surface area (Å²) in [5, 5.41) is 3.50. The lowest BCUT2D eigenvalue weighted by Crippen LogP contribution is -3.11. The van der Waals surface area contributed by atoms with Crippen LogP contribution in [0.25, 0.3) is 0 Å². The highest BCUT2D eigenvalue weighted by Gasteiger charge is 2.13. The number of carbonyl (C=O) groups is 1. The molecule has 1 atom stereocenters.